The minimum Gasteiger partial charge on any atom is -0.497 e. The Bertz CT molecular complexity index is 558. The number of amides is 1. The van der Waals surface area contributed by atoms with Crippen molar-refractivity contribution in [2.75, 3.05) is 12.4 Å². The summed E-state index contributed by atoms with van der Waals surface area (Å²) >= 11 is 0. The van der Waals surface area contributed by atoms with Gasteiger partial charge in [0.1, 0.15) is 11.4 Å². The van der Waals surface area contributed by atoms with Gasteiger partial charge in [0.25, 0.3) is 0 Å². The number of nitrogens with one attached hydrogen (secondary N) is 1. The van der Waals surface area contributed by atoms with Crippen molar-refractivity contribution in [1.82, 2.24) is 0 Å². The molecule has 0 saturated heterocycles. The number of carbonyl (C=O) groups is 2. The molecule has 1 aromatic carbocycles. The van der Waals surface area contributed by atoms with Crippen LogP contribution >= 0.6 is 0 Å². The van der Waals surface area contributed by atoms with Crippen LogP contribution in [-0.2, 0) is 9.53 Å². The van der Waals surface area contributed by atoms with E-state index in [0.717, 1.165) is 6.08 Å². The average molecular weight is 293 g/mol. The van der Waals surface area contributed by atoms with Crippen LogP contribution in [0.25, 0.3) is 6.08 Å². The Morgan fingerprint density at radius 3 is 2.43 bits per heavy atom. The number of ether oxygens (including phenoxy) is 2. The van der Waals surface area contributed by atoms with Gasteiger partial charge in [0.05, 0.1) is 7.11 Å². The molecule has 0 bridgehead atoms. The summed E-state index contributed by atoms with van der Waals surface area (Å²) in [6, 6.07) is 4.88. The molecule has 0 spiro atoms. The molecule has 1 rings (SSSR count). The van der Waals surface area contributed by atoms with E-state index >= 15 is 0 Å². The van der Waals surface area contributed by atoms with Crippen LogP contribution in [0.3, 0.4) is 0 Å². The number of rotatable bonds is 4. The number of anilines is 1. The second-order valence-electron chi connectivity index (χ2n) is 5.29. The molecule has 0 fully saturated rings. The first-order valence-corrected chi connectivity index (χ1v) is 6.30. The highest BCUT2D eigenvalue weighted by Gasteiger charge is 2.16. The lowest BCUT2D eigenvalue weighted by Gasteiger charge is -2.20. The van der Waals surface area contributed by atoms with Crippen molar-refractivity contribution < 1.29 is 24.2 Å². The van der Waals surface area contributed by atoms with Gasteiger partial charge in [-0.2, -0.15) is 0 Å². The van der Waals surface area contributed by atoms with Gasteiger partial charge in [0.2, 0.25) is 0 Å². The standard InChI is InChI=1S/C15H19NO5/c1-15(2,3)21-14(19)16-11-7-10(5-6-13(17)18)8-12(9-11)20-4/h5-9H,1-4H3,(H,16,19)(H,17,18). The summed E-state index contributed by atoms with van der Waals surface area (Å²) in [5, 5.41) is 11.2. The maximum Gasteiger partial charge on any atom is 0.412 e. The highest BCUT2D eigenvalue weighted by atomic mass is 16.6. The van der Waals surface area contributed by atoms with Gasteiger partial charge < -0.3 is 14.6 Å². The molecule has 0 radical (unpaired) electrons. The molecular weight excluding hydrogens is 274 g/mol. The second kappa shape index (κ2) is 6.78. The monoisotopic (exact) mass is 293 g/mol. The zero-order chi connectivity index (χ0) is 16.0. The summed E-state index contributed by atoms with van der Waals surface area (Å²) in [7, 11) is 1.48. The third kappa shape index (κ3) is 6.47. The maximum absolute atomic E-state index is 11.7. The van der Waals surface area contributed by atoms with E-state index < -0.39 is 17.7 Å². The fraction of sp³-hybridized carbons (Fsp3) is 0.333. The number of aliphatic carboxylic acids is 1. The molecule has 2 N–H and O–H groups in total. The largest absolute Gasteiger partial charge is 0.497 e. The van der Waals surface area contributed by atoms with Crippen LogP contribution in [0.15, 0.2) is 24.3 Å². The van der Waals surface area contributed by atoms with Crippen LogP contribution in [0.4, 0.5) is 10.5 Å². The summed E-state index contributed by atoms with van der Waals surface area (Å²) < 4.78 is 10.3. The molecule has 0 aliphatic heterocycles. The molecule has 6 nitrogen and oxygen atoms in total. The van der Waals surface area contributed by atoms with E-state index in [1.165, 1.54) is 13.2 Å². The molecule has 0 aromatic heterocycles. The number of carbonyl (C=O) groups excluding carboxylic acids is 1. The van der Waals surface area contributed by atoms with E-state index in [1.807, 2.05) is 0 Å². The van der Waals surface area contributed by atoms with Gasteiger partial charge in [-0.3, -0.25) is 5.32 Å². The van der Waals surface area contributed by atoms with Crippen LogP contribution in [-0.4, -0.2) is 29.9 Å². The number of hydrogen-bond acceptors (Lipinski definition) is 4. The van der Waals surface area contributed by atoms with Crippen molar-refractivity contribution in [2.24, 2.45) is 0 Å². The summed E-state index contributed by atoms with van der Waals surface area (Å²) in [6.45, 7) is 5.29. The number of hydrogen-bond donors (Lipinski definition) is 2. The van der Waals surface area contributed by atoms with Crippen molar-refractivity contribution in [3.05, 3.63) is 29.8 Å². The van der Waals surface area contributed by atoms with Crippen LogP contribution in [0.5, 0.6) is 5.75 Å². The molecule has 1 aromatic rings. The van der Waals surface area contributed by atoms with Crippen LogP contribution in [0.2, 0.25) is 0 Å². The van der Waals surface area contributed by atoms with Crippen LogP contribution < -0.4 is 10.1 Å². The highest BCUT2D eigenvalue weighted by Crippen LogP contribution is 2.22. The Balaban J connectivity index is 2.94. The molecule has 0 aliphatic rings. The molecule has 0 aliphatic carbocycles. The third-order valence-electron chi connectivity index (χ3n) is 2.23. The average Bonchev–Trinajstić information content (AvgIpc) is 2.33. The predicted molar refractivity (Wildman–Crippen MR) is 79.5 cm³/mol. The normalized spacial score (nSPS) is 11.2. The molecule has 0 unspecified atom stereocenters. The summed E-state index contributed by atoms with van der Waals surface area (Å²) in [5.74, 6) is -0.562. The topological polar surface area (TPSA) is 84.9 Å². The zero-order valence-corrected chi connectivity index (χ0v) is 12.5. The lowest BCUT2D eigenvalue weighted by Crippen LogP contribution is -2.27. The Kier molecular flexibility index (Phi) is 5.35. The minimum atomic E-state index is -1.06. The molecule has 6 heteroatoms. The van der Waals surface area contributed by atoms with Crippen LogP contribution in [0, 0.1) is 0 Å². The summed E-state index contributed by atoms with van der Waals surface area (Å²) in [5.41, 5.74) is 0.436. The molecule has 0 atom stereocenters. The predicted octanol–water partition coefficient (Wildman–Crippen LogP) is 3.14. The molecular formula is C15H19NO5. The molecule has 0 heterocycles. The smallest absolute Gasteiger partial charge is 0.412 e. The van der Waals surface area contributed by atoms with E-state index in [2.05, 4.69) is 5.32 Å². The number of carboxylic acids is 1. The highest BCUT2D eigenvalue weighted by molar-refractivity contribution is 5.88. The Morgan fingerprint density at radius 1 is 1.24 bits per heavy atom. The van der Waals surface area contributed by atoms with Gasteiger partial charge >= 0.3 is 12.1 Å². The quantitative estimate of drug-likeness (QED) is 0.833. The van der Waals surface area contributed by atoms with Crippen molar-refractivity contribution in [1.29, 1.82) is 0 Å². The first-order chi connectivity index (χ1) is 9.69. The lowest BCUT2D eigenvalue weighted by atomic mass is 10.1. The fourth-order valence-electron chi connectivity index (χ4n) is 1.50. The number of methoxy groups -OCH3 is 1. The minimum absolute atomic E-state index is 0.452. The Hall–Kier alpha value is -2.50. The van der Waals surface area contributed by atoms with Crippen molar-refractivity contribution >= 4 is 23.8 Å². The zero-order valence-electron chi connectivity index (χ0n) is 12.5. The molecule has 0 saturated carbocycles. The number of benzene rings is 1. The molecule has 1 amide bonds. The number of carboxylic acid groups (broad SMARTS) is 1. The van der Waals surface area contributed by atoms with E-state index in [1.54, 1.807) is 39.0 Å². The second-order valence-corrected chi connectivity index (χ2v) is 5.29. The van der Waals surface area contributed by atoms with Crippen molar-refractivity contribution in [3.63, 3.8) is 0 Å². The fourth-order valence-corrected chi connectivity index (χ4v) is 1.50. The van der Waals surface area contributed by atoms with Gasteiger partial charge in [-0.1, -0.05) is 0 Å². The Morgan fingerprint density at radius 2 is 1.90 bits per heavy atom. The van der Waals surface area contributed by atoms with Crippen molar-refractivity contribution in [2.45, 2.75) is 26.4 Å². The van der Waals surface area contributed by atoms with Crippen molar-refractivity contribution in [3.8, 4) is 5.75 Å². The molecule has 21 heavy (non-hydrogen) atoms. The van der Waals surface area contributed by atoms with Crippen LogP contribution in [0.1, 0.15) is 26.3 Å². The van der Waals surface area contributed by atoms with Gasteiger partial charge in [-0.15, -0.1) is 0 Å². The van der Waals surface area contributed by atoms with E-state index in [4.69, 9.17) is 14.6 Å². The molecule has 114 valence electrons. The van der Waals surface area contributed by atoms with Gasteiger partial charge in [-0.05, 0) is 44.5 Å². The maximum atomic E-state index is 11.7. The lowest BCUT2D eigenvalue weighted by molar-refractivity contribution is -0.131. The summed E-state index contributed by atoms with van der Waals surface area (Å²) in [6.07, 6.45) is 1.82. The van der Waals surface area contributed by atoms with Gasteiger partial charge in [-0.25, -0.2) is 9.59 Å². The first-order valence-electron chi connectivity index (χ1n) is 6.30. The third-order valence-corrected chi connectivity index (χ3v) is 2.23. The summed E-state index contributed by atoms with van der Waals surface area (Å²) in [4.78, 5) is 22.3. The van der Waals surface area contributed by atoms with E-state index in [9.17, 15) is 9.59 Å². The van der Waals surface area contributed by atoms with Gasteiger partial charge in [0.15, 0.2) is 0 Å². The SMILES string of the molecule is COc1cc(C=CC(=O)O)cc(NC(=O)OC(C)(C)C)c1. The van der Waals surface area contributed by atoms with E-state index in [0.29, 0.717) is 17.0 Å². The van der Waals surface area contributed by atoms with E-state index in [-0.39, 0.29) is 0 Å². The first kappa shape index (κ1) is 16.6. The van der Waals surface area contributed by atoms with Gasteiger partial charge in [0, 0.05) is 17.8 Å². The Labute approximate surface area is 123 Å².